The normalized spacial score (nSPS) is 26.5. The van der Waals surface area contributed by atoms with Crippen molar-refractivity contribution >= 4 is 5.69 Å². The van der Waals surface area contributed by atoms with E-state index in [9.17, 15) is 0 Å². The molecule has 3 atom stereocenters. The third-order valence-electron chi connectivity index (χ3n) is 4.66. The van der Waals surface area contributed by atoms with Crippen molar-refractivity contribution in [2.75, 3.05) is 25.0 Å². The average Bonchev–Trinajstić information content (AvgIpc) is 2.42. The second-order valence-corrected chi connectivity index (χ2v) is 6.56. The molecule has 1 aliphatic carbocycles. The van der Waals surface area contributed by atoms with Crippen molar-refractivity contribution in [2.24, 2.45) is 11.8 Å². The van der Waals surface area contributed by atoms with Gasteiger partial charge < -0.3 is 10.2 Å². The zero-order valence-electron chi connectivity index (χ0n) is 13.5. The lowest BCUT2D eigenvalue weighted by molar-refractivity contribution is 0.219. The number of aryl methyl sites for hydroxylation is 1. The summed E-state index contributed by atoms with van der Waals surface area (Å²) in [6, 6.07) is 9.53. The van der Waals surface area contributed by atoms with E-state index in [4.69, 9.17) is 0 Å². The Balaban J connectivity index is 2.01. The van der Waals surface area contributed by atoms with Gasteiger partial charge in [-0.15, -0.1) is 0 Å². The van der Waals surface area contributed by atoms with Crippen molar-refractivity contribution in [3.8, 4) is 0 Å². The van der Waals surface area contributed by atoms with Crippen LogP contribution in [0.25, 0.3) is 0 Å². The monoisotopic (exact) mass is 274 g/mol. The van der Waals surface area contributed by atoms with Crippen LogP contribution >= 0.6 is 0 Å². The lowest BCUT2D eigenvalue weighted by Crippen LogP contribution is -2.45. The summed E-state index contributed by atoms with van der Waals surface area (Å²) in [5, 5.41) is 3.70. The van der Waals surface area contributed by atoms with Gasteiger partial charge in [0.05, 0.1) is 0 Å². The summed E-state index contributed by atoms with van der Waals surface area (Å²) < 4.78 is 0. The lowest BCUT2D eigenvalue weighted by atomic mass is 9.78. The molecule has 2 heteroatoms. The summed E-state index contributed by atoms with van der Waals surface area (Å²) in [6.07, 6.45) is 4.07. The van der Waals surface area contributed by atoms with Crippen LogP contribution in [0.1, 0.15) is 38.7 Å². The van der Waals surface area contributed by atoms with Crippen LogP contribution in [0.3, 0.4) is 0 Å². The molecule has 1 N–H and O–H groups in total. The summed E-state index contributed by atoms with van der Waals surface area (Å²) in [7, 11) is 2.23. The highest BCUT2D eigenvalue weighted by Gasteiger charge is 2.28. The molecule has 1 aromatic rings. The molecule has 2 rings (SSSR count). The van der Waals surface area contributed by atoms with Crippen molar-refractivity contribution in [1.29, 1.82) is 0 Å². The molecule has 1 aromatic carbocycles. The van der Waals surface area contributed by atoms with E-state index in [1.807, 2.05) is 0 Å². The first-order chi connectivity index (χ1) is 9.60. The summed E-state index contributed by atoms with van der Waals surface area (Å²) in [4.78, 5) is 2.43. The van der Waals surface area contributed by atoms with E-state index >= 15 is 0 Å². The number of nitrogens with one attached hydrogen (secondary N) is 1. The fraction of sp³-hybridized carbons (Fsp3) is 0.667. The van der Waals surface area contributed by atoms with Gasteiger partial charge in [0.25, 0.3) is 0 Å². The molecule has 0 heterocycles. The average molecular weight is 274 g/mol. The van der Waals surface area contributed by atoms with E-state index in [1.165, 1.54) is 30.5 Å². The van der Waals surface area contributed by atoms with Gasteiger partial charge in [-0.2, -0.15) is 0 Å². The van der Waals surface area contributed by atoms with Gasteiger partial charge >= 0.3 is 0 Å². The molecule has 112 valence electrons. The molecular formula is C18H30N2. The minimum atomic E-state index is 0.698. The highest BCUT2D eigenvalue weighted by molar-refractivity contribution is 5.47. The van der Waals surface area contributed by atoms with Crippen molar-refractivity contribution in [1.82, 2.24) is 5.32 Å². The summed E-state index contributed by atoms with van der Waals surface area (Å²) >= 11 is 0. The van der Waals surface area contributed by atoms with Gasteiger partial charge in [0.15, 0.2) is 0 Å². The van der Waals surface area contributed by atoms with Gasteiger partial charge in [0.2, 0.25) is 0 Å². The Labute approximate surface area is 124 Å². The maximum atomic E-state index is 3.70. The van der Waals surface area contributed by atoms with E-state index in [2.05, 4.69) is 62.3 Å². The molecular weight excluding hydrogens is 244 g/mol. The summed E-state index contributed by atoms with van der Waals surface area (Å²) in [5.74, 6) is 1.64. The molecule has 1 saturated carbocycles. The SMILES string of the molecule is CCNC1CCC(C)CC1CN(C)c1cccc(C)c1. The maximum Gasteiger partial charge on any atom is 0.0366 e. The first-order valence-corrected chi connectivity index (χ1v) is 8.11. The Kier molecular flexibility index (Phi) is 5.47. The van der Waals surface area contributed by atoms with Crippen LogP contribution in [0.4, 0.5) is 5.69 Å². The van der Waals surface area contributed by atoms with Crippen molar-refractivity contribution in [3.05, 3.63) is 29.8 Å². The smallest absolute Gasteiger partial charge is 0.0366 e. The fourth-order valence-corrected chi connectivity index (χ4v) is 3.55. The minimum absolute atomic E-state index is 0.698. The molecule has 1 aliphatic rings. The van der Waals surface area contributed by atoms with Crippen LogP contribution in [0.2, 0.25) is 0 Å². The van der Waals surface area contributed by atoms with Crippen molar-refractivity contribution < 1.29 is 0 Å². The topological polar surface area (TPSA) is 15.3 Å². The Hall–Kier alpha value is -1.02. The summed E-state index contributed by atoms with van der Waals surface area (Å²) in [5.41, 5.74) is 2.69. The Bertz CT molecular complexity index is 416. The minimum Gasteiger partial charge on any atom is -0.374 e. The van der Waals surface area contributed by atoms with Gasteiger partial charge in [0, 0.05) is 25.3 Å². The highest BCUT2D eigenvalue weighted by atomic mass is 15.1. The van der Waals surface area contributed by atoms with Gasteiger partial charge in [-0.05, 0) is 62.3 Å². The first-order valence-electron chi connectivity index (χ1n) is 8.11. The third kappa shape index (κ3) is 3.99. The van der Waals surface area contributed by atoms with E-state index < -0.39 is 0 Å². The van der Waals surface area contributed by atoms with E-state index in [0.29, 0.717) is 6.04 Å². The molecule has 0 bridgehead atoms. The van der Waals surface area contributed by atoms with Crippen LogP contribution in [0.5, 0.6) is 0 Å². The zero-order valence-corrected chi connectivity index (χ0v) is 13.5. The van der Waals surface area contributed by atoms with E-state index in [0.717, 1.165) is 24.9 Å². The van der Waals surface area contributed by atoms with Crippen LogP contribution in [0, 0.1) is 18.8 Å². The third-order valence-corrected chi connectivity index (χ3v) is 4.66. The van der Waals surface area contributed by atoms with Crippen LogP contribution < -0.4 is 10.2 Å². The molecule has 3 unspecified atom stereocenters. The molecule has 0 radical (unpaired) electrons. The quantitative estimate of drug-likeness (QED) is 0.877. The largest absolute Gasteiger partial charge is 0.374 e. The number of benzene rings is 1. The van der Waals surface area contributed by atoms with Gasteiger partial charge in [-0.1, -0.05) is 26.0 Å². The van der Waals surface area contributed by atoms with Crippen molar-refractivity contribution in [3.63, 3.8) is 0 Å². The van der Waals surface area contributed by atoms with Crippen molar-refractivity contribution in [2.45, 2.75) is 46.1 Å². The molecule has 0 aliphatic heterocycles. The summed E-state index contributed by atoms with van der Waals surface area (Å²) in [6.45, 7) is 9.04. The number of anilines is 1. The highest BCUT2D eigenvalue weighted by Crippen LogP contribution is 2.30. The predicted molar refractivity (Wildman–Crippen MR) is 88.4 cm³/mol. The Morgan fingerprint density at radius 1 is 1.30 bits per heavy atom. The number of hydrogen-bond donors (Lipinski definition) is 1. The lowest BCUT2D eigenvalue weighted by Gasteiger charge is -2.38. The second kappa shape index (κ2) is 7.12. The van der Waals surface area contributed by atoms with E-state index in [-0.39, 0.29) is 0 Å². The van der Waals surface area contributed by atoms with Crippen LogP contribution in [-0.2, 0) is 0 Å². The zero-order chi connectivity index (χ0) is 14.5. The number of hydrogen-bond acceptors (Lipinski definition) is 2. The molecule has 20 heavy (non-hydrogen) atoms. The van der Waals surface area contributed by atoms with Gasteiger partial charge in [0.1, 0.15) is 0 Å². The van der Waals surface area contributed by atoms with Crippen LogP contribution in [-0.4, -0.2) is 26.2 Å². The Morgan fingerprint density at radius 2 is 2.10 bits per heavy atom. The predicted octanol–water partition coefficient (Wildman–Crippen LogP) is 3.85. The van der Waals surface area contributed by atoms with Crippen LogP contribution in [0.15, 0.2) is 24.3 Å². The molecule has 0 aromatic heterocycles. The van der Waals surface area contributed by atoms with E-state index in [1.54, 1.807) is 0 Å². The molecule has 1 fully saturated rings. The maximum absolute atomic E-state index is 3.70. The second-order valence-electron chi connectivity index (χ2n) is 6.56. The first kappa shape index (κ1) is 15.4. The number of rotatable bonds is 5. The fourth-order valence-electron chi connectivity index (χ4n) is 3.55. The molecule has 0 amide bonds. The number of nitrogens with zero attached hydrogens (tertiary/aromatic N) is 1. The molecule has 0 spiro atoms. The van der Waals surface area contributed by atoms with Gasteiger partial charge in [-0.3, -0.25) is 0 Å². The molecule has 2 nitrogen and oxygen atoms in total. The molecule has 0 saturated heterocycles. The standard InChI is InChI=1S/C18H30N2/c1-5-19-18-10-9-15(3)11-16(18)13-20(4)17-8-6-7-14(2)12-17/h6-8,12,15-16,18-19H,5,9-11,13H2,1-4H3. The Morgan fingerprint density at radius 3 is 2.80 bits per heavy atom. The van der Waals surface area contributed by atoms with Gasteiger partial charge in [-0.25, -0.2) is 0 Å².